The summed E-state index contributed by atoms with van der Waals surface area (Å²) in [4.78, 5) is 25.1. The minimum Gasteiger partial charge on any atom is -0.756 e. The Kier molecular flexibility index (Phi) is 38.3. The molecule has 0 aromatic carbocycles. The van der Waals surface area contributed by atoms with Crippen LogP contribution in [-0.4, -0.2) is 68.5 Å². The lowest BCUT2D eigenvalue weighted by Gasteiger charge is -2.29. The van der Waals surface area contributed by atoms with Crippen LogP contribution in [-0.2, 0) is 18.4 Å². The lowest BCUT2D eigenvalue weighted by atomic mass is 10.0. The summed E-state index contributed by atoms with van der Waals surface area (Å²) in [7, 11) is 1.23. The molecule has 0 radical (unpaired) electrons. The number of likely N-dealkylation sites (N-methyl/N-ethyl adjacent to an activating group) is 1. The SMILES string of the molecule is CCCCCCCCCCCCCCCCCCC/C=C/CC/C=C/CC/C=C/C(O)C(COP(=O)([O-])OCC[N+](C)(C)C)NC(=O)CCCCCCCCC. The number of nitrogens with zero attached hydrogens (tertiary/aromatic N) is 1. The number of aliphatic hydroxyl groups excluding tert-OH is 1. The standard InChI is InChI=1S/C47H91N2O6P/c1-6-8-10-12-14-15-16-17-18-19-20-21-22-23-24-25-26-27-28-29-30-31-32-33-35-36-38-40-46(50)45(44-55-56(52,53)54-43-42-49(3,4)5)48-47(51)41-39-37-34-13-11-9-7-2/h28-29,32-33,38,40,45-46,50H,6-27,30-31,34-37,39,41-44H2,1-5H3,(H-,48,51,52,53)/b29-28+,33-32+,40-38+. The van der Waals surface area contributed by atoms with Gasteiger partial charge in [0.05, 0.1) is 39.9 Å². The molecule has 0 rings (SSSR count). The number of aliphatic hydroxyl groups is 1. The summed E-state index contributed by atoms with van der Waals surface area (Å²) in [6.45, 7) is 4.56. The molecule has 1 amide bonds. The van der Waals surface area contributed by atoms with E-state index in [1.54, 1.807) is 6.08 Å². The molecule has 0 aliphatic heterocycles. The van der Waals surface area contributed by atoms with E-state index in [1.807, 2.05) is 27.2 Å². The van der Waals surface area contributed by atoms with Crippen molar-refractivity contribution in [3.63, 3.8) is 0 Å². The first-order valence-electron chi connectivity index (χ1n) is 23.4. The van der Waals surface area contributed by atoms with Gasteiger partial charge < -0.3 is 28.8 Å². The molecular formula is C47H91N2O6P. The minimum absolute atomic E-state index is 0.00850. The highest BCUT2D eigenvalue weighted by Crippen LogP contribution is 2.38. The van der Waals surface area contributed by atoms with E-state index in [0.717, 1.165) is 44.9 Å². The third kappa shape index (κ3) is 40.9. The van der Waals surface area contributed by atoms with Gasteiger partial charge in [-0.1, -0.05) is 192 Å². The molecule has 0 bridgehead atoms. The summed E-state index contributed by atoms with van der Waals surface area (Å²) >= 11 is 0. The van der Waals surface area contributed by atoms with Gasteiger partial charge in [0.15, 0.2) is 0 Å². The fourth-order valence-electron chi connectivity index (χ4n) is 6.60. The van der Waals surface area contributed by atoms with Crippen molar-refractivity contribution in [1.82, 2.24) is 5.32 Å². The van der Waals surface area contributed by atoms with Crippen molar-refractivity contribution >= 4 is 13.7 Å². The molecule has 56 heavy (non-hydrogen) atoms. The first kappa shape index (κ1) is 54.7. The van der Waals surface area contributed by atoms with E-state index in [1.165, 1.54) is 141 Å². The van der Waals surface area contributed by atoms with Gasteiger partial charge >= 0.3 is 0 Å². The second kappa shape index (κ2) is 39.2. The normalized spacial score (nSPS) is 14.6. The summed E-state index contributed by atoms with van der Waals surface area (Å²) in [5.74, 6) is -0.219. The Morgan fingerprint density at radius 3 is 1.45 bits per heavy atom. The van der Waals surface area contributed by atoms with Crippen LogP contribution in [0.3, 0.4) is 0 Å². The molecule has 9 heteroatoms. The van der Waals surface area contributed by atoms with E-state index in [4.69, 9.17) is 9.05 Å². The van der Waals surface area contributed by atoms with Gasteiger partial charge in [0.25, 0.3) is 7.82 Å². The van der Waals surface area contributed by atoms with Gasteiger partial charge in [-0.3, -0.25) is 9.36 Å². The predicted molar refractivity (Wildman–Crippen MR) is 238 cm³/mol. The highest BCUT2D eigenvalue weighted by atomic mass is 31.2. The van der Waals surface area contributed by atoms with Crippen molar-refractivity contribution in [2.24, 2.45) is 0 Å². The zero-order valence-corrected chi connectivity index (χ0v) is 38.2. The maximum atomic E-state index is 12.7. The van der Waals surface area contributed by atoms with Crippen molar-refractivity contribution < 1.29 is 32.9 Å². The van der Waals surface area contributed by atoms with E-state index >= 15 is 0 Å². The topological polar surface area (TPSA) is 108 Å². The second-order valence-corrected chi connectivity index (χ2v) is 18.5. The summed E-state index contributed by atoms with van der Waals surface area (Å²) < 4.78 is 23.1. The maximum Gasteiger partial charge on any atom is 0.268 e. The summed E-state index contributed by atoms with van der Waals surface area (Å²) in [6, 6.07) is -0.904. The van der Waals surface area contributed by atoms with Crippen LogP contribution in [0.4, 0.5) is 0 Å². The van der Waals surface area contributed by atoms with Gasteiger partial charge in [-0.2, -0.15) is 0 Å². The quantitative estimate of drug-likeness (QED) is 0.0275. The van der Waals surface area contributed by atoms with Crippen molar-refractivity contribution in [2.75, 3.05) is 40.9 Å². The van der Waals surface area contributed by atoms with Crippen LogP contribution in [0.15, 0.2) is 36.5 Å². The molecule has 0 aliphatic carbocycles. The van der Waals surface area contributed by atoms with Gasteiger partial charge in [-0.05, 0) is 44.9 Å². The lowest BCUT2D eigenvalue weighted by Crippen LogP contribution is -2.45. The van der Waals surface area contributed by atoms with Gasteiger partial charge in [0.1, 0.15) is 13.2 Å². The van der Waals surface area contributed by atoms with Gasteiger partial charge in [-0.15, -0.1) is 0 Å². The Labute approximate surface area is 347 Å². The summed E-state index contributed by atoms with van der Waals surface area (Å²) in [6.07, 6.45) is 48.1. The molecule has 3 unspecified atom stereocenters. The third-order valence-corrected chi connectivity index (χ3v) is 11.3. The maximum absolute atomic E-state index is 12.7. The fourth-order valence-corrected chi connectivity index (χ4v) is 7.32. The molecule has 0 saturated heterocycles. The molecule has 0 aromatic heterocycles. The minimum atomic E-state index is -4.59. The van der Waals surface area contributed by atoms with Gasteiger partial charge in [-0.25, -0.2) is 0 Å². The van der Waals surface area contributed by atoms with E-state index in [-0.39, 0.29) is 12.5 Å². The third-order valence-electron chi connectivity index (χ3n) is 10.3. The molecule has 0 aliphatic rings. The molecule has 0 spiro atoms. The Bertz CT molecular complexity index is 1010. The smallest absolute Gasteiger partial charge is 0.268 e. The average molecular weight is 811 g/mol. The van der Waals surface area contributed by atoms with E-state index < -0.39 is 26.6 Å². The predicted octanol–water partition coefficient (Wildman–Crippen LogP) is 12.5. The molecule has 0 aromatic rings. The van der Waals surface area contributed by atoms with E-state index in [2.05, 4.69) is 43.5 Å². The molecular weight excluding hydrogens is 719 g/mol. The van der Waals surface area contributed by atoms with Crippen LogP contribution in [0.25, 0.3) is 0 Å². The van der Waals surface area contributed by atoms with E-state index in [0.29, 0.717) is 17.4 Å². The number of quaternary nitrogens is 1. The Balaban J connectivity index is 4.20. The number of hydrogen-bond acceptors (Lipinski definition) is 6. The Morgan fingerprint density at radius 1 is 0.607 bits per heavy atom. The number of unbranched alkanes of at least 4 members (excludes halogenated alkanes) is 25. The molecule has 0 saturated carbocycles. The first-order valence-corrected chi connectivity index (χ1v) is 24.8. The van der Waals surface area contributed by atoms with Crippen LogP contribution in [0.2, 0.25) is 0 Å². The summed E-state index contributed by atoms with van der Waals surface area (Å²) in [5.41, 5.74) is 0. The second-order valence-electron chi connectivity index (χ2n) is 17.1. The van der Waals surface area contributed by atoms with Gasteiger partial charge in [0.2, 0.25) is 5.91 Å². The van der Waals surface area contributed by atoms with E-state index in [9.17, 15) is 19.4 Å². The molecule has 8 nitrogen and oxygen atoms in total. The van der Waals surface area contributed by atoms with Crippen LogP contribution in [0.1, 0.15) is 206 Å². The number of allylic oxidation sites excluding steroid dienone is 5. The number of phosphoric ester groups is 1. The van der Waals surface area contributed by atoms with Crippen LogP contribution < -0.4 is 10.2 Å². The summed E-state index contributed by atoms with van der Waals surface area (Å²) in [5, 5.41) is 13.7. The number of rotatable bonds is 42. The Morgan fingerprint density at radius 2 is 1.00 bits per heavy atom. The van der Waals surface area contributed by atoms with Gasteiger partial charge in [0, 0.05) is 6.42 Å². The highest BCUT2D eigenvalue weighted by Gasteiger charge is 2.23. The number of phosphoric acid groups is 1. The monoisotopic (exact) mass is 811 g/mol. The number of carbonyl (C=O) groups is 1. The number of hydrogen-bond donors (Lipinski definition) is 2. The lowest BCUT2D eigenvalue weighted by molar-refractivity contribution is -0.870. The largest absolute Gasteiger partial charge is 0.756 e. The van der Waals surface area contributed by atoms with Crippen molar-refractivity contribution in [3.8, 4) is 0 Å². The molecule has 2 N–H and O–H groups in total. The zero-order chi connectivity index (χ0) is 41.4. The molecule has 0 heterocycles. The number of carbonyl (C=O) groups excluding carboxylic acids is 1. The van der Waals surface area contributed by atoms with Crippen LogP contribution in [0, 0.1) is 0 Å². The average Bonchev–Trinajstić information content (AvgIpc) is 3.15. The van der Waals surface area contributed by atoms with Crippen molar-refractivity contribution in [2.45, 2.75) is 219 Å². The first-order chi connectivity index (χ1) is 27.0. The highest BCUT2D eigenvalue weighted by molar-refractivity contribution is 7.45. The Hall–Kier alpha value is -1.28. The number of nitrogens with one attached hydrogen (secondary N) is 1. The zero-order valence-electron chi connectivity index (χ0n) is 37.3. The number of amides is 1. The van der Waals surface area contributed by atoms with Crippen molar-refractivity contribution in [3.05, 3.63) is 36.5 Å². The fraction of sp³-hybridized carbons (Fsp3) is 0.851. The van der Waals surface area contributed by atoms with Crippen molar-refractivity contribution in [1.29, 1.82) is 0 Å². The molecule has 0 fully saturated rings. The van der Waals surface area contributed by atoms with Crippen LogP contribution in [0.5, 0.6) is 0 Å². The molecule has 3 atom stereocenters. The molecule has 330 valence electrons. The van der Waals surface area contributed by atoms with Crippen LogP contribution >= 0.6 is 7.82 Å².